The summed E-state index contributed by atoms with van der Waals surface area (Å²) >= 11 is 0. The zero-order valence-electron chi connectivity index (χ0n) is 15.1. The van der Waals surface area contributed by atoms with Gasteiger partial charge in [0.25, 0.3) is 0 Å². The molecular weight excluding hydrogens is 315 g/mol. The van der Waals surface area contributed by atoms with Crippen molar-refractivity contribution in [2.24, 2.45) is 0 Å². The normalized spacial score (nSPS) is 10.4. The zero-order valence-corrected chi connectivity index (χ0v) is 15.1. The summed E-state index contributed by atoms with van der Waals surface area (Å²) in [6.07, 6.45) is -4.33. The summed E-state index contributed by atoms with van der Waals surface area (Å²) in [5.74, 6) is 0. The molecule has 2 rings (SSSR count). The van der Waals surface area contributed by atoms with E-state index in [1.807, 2.05) is 53.1 Å². The lowest BCUT2D eigenvalue weighted by Gasteiger charge is -2.08. The van der Waals surface area contributed by atoms with Gasteiger partial charge in [0.05, 0.1) is 5.69 Å². The topological polar surface area (TPSA) is 29.0 Å². The van der Waals surface area contributed by atoms with Gasteiger partial charge in [0.15, 0.2) is 0 Å². The monoisotopic (exact) mass is 341 g/mol. The largest absolute Gasteiger partial charge is 0.433 e. The number of alkyl halides is 3. The predicted molar refractivity (Wildman–Crippen MR) is 91.7 cm³/mol. The first kappa shape index (κ1) is 22.1. The van der Waals surface area contributed by atoms with Crippen molar-refractivity contribution in [2.45, 2.75) is 40.4 Å². The Kier molecular flexibility index (Phi) is 9.88. The Balaban J connectivity index is 0.000000400. The van der Waals surface area contributed by atoms with Gasteiger partial charge in [-0.3, -0.25) is 4.98 Å². The standard InChI is InChI=1S/C9H14N2.C7H6F3N.C2H6/c1-8-5-4-6-9(10-8)7-11(2)3;1-5-3-2-4-6(11-5)7(8,9)10;1-2/h4-6H,7H2,1-3H3;2-4H,1H3;1-2H3. The first-order valence-corrected chi connectivity index (χ1v) is 7.76. The van der Waals surface area contributed by atoms with Crippen LogP contribution in [0.4, 0.5) is 13.2 Å². The van der Waals surface area contributed by atoms with E-state index >= 15 is 0 Å². The van der Waals surface area contributed by atoms with Crippen molar-refractivity contribution in [3.63, 3.8) is 0 Å². The molecule has 0 aromatic carbocycles. The molecule has 2 aromatic heterocycles. The summed E-state index contributed by atoms with van der Waals surface area (Å²) in [6.45, 7) is 8.45. The number of hydrogen-bond acceptors (Lipinski definition) is 3. The smallest absolute Gasteiger partial charge is 0.304 e. The molecule has 0 atom stereocenters. The van der Waals surface area contributed by atoms with E-state index in [2.05, 4.69) is 14.9 Å². The Morgan fingerprint density at radius 1 is 0.875 bits per heavy atom. The molecule has 0 N–H and O–H groups in total. The summed E-state index contributed by atoms with van der Waals surface area (Å²) in [6, 6.07) is 9.92. The van der Waals surface area contributed by atoms with E-state index in [9.17, 15) is 13.2 Å². The third-order valence-corrected chi connectivity index (χ3v) is 2.60. The molecule has 0 aliphatic rings. The quantitative estimate of drug-likeness (QED) is 0.779. The third kappa shape index (κ3) is 9.25. The van der Waals surface area contributed by atoms with E-state index in [0.717, 1.165) is 24.0 Å². The average molecular weight is 341 g/mol. The minimum atomic E-state index is -4.33. The minimum absolute atomic E-state index is 0.375. The molecule has 134 valence electrons. The highest BCUT2D eigenvalue weighted by Gasteiger charge is 2.31. The van der Waals surface area contributed by atoms with Crippen LogP contribution in [-0.2, 0) is 12.7 Å². The van der Waals surface area contributed by atoms with E-state index in [1.165, 1.54) is 19.1 Å². The summed E-state index contributed by atoms with van der Waals surface area (Å²) < 4.78 is 35.7. The molecule has 0 bridgehead atoms. The second-order valence-electron chi connectivity index (χ2n) is 5.17. The lowest BCUT2D eigenvalue weighted by Crippen LogP contribution is -2.11. The Bertz CT molecular complexity index is 596. The van der Waals surface area contributed by atoms with Crippen LogP contribution in [-0.4, -0.2) is 29.0 Å². The van der Waals surface area contributed by atoms with Gasteiger partial charge in [0.2, 0.25) is 0 Å². The van der Waals surface area contributed by atoms with E-state index in [0.29, 0.717) is 5.69 Å². The van der Waals surface area contributed by atoms with Crippen LogP contribution in [0.15, 0.2) is 36.4 Å². The fraction of sp³-hybridized carbons (Fsp3) is 0.444. The SMILES string of the molecule is CC.Cc1cccc(C(F)(F)F)n1.Cc1cccc(CN(C)C)n1. The summed E-state index contributed by atoms with van der Waals surface area (Å²) in [5, 5.41) is 0. The second kappa shape index (κ2) is 10.8. The molecule has 24 heavy (non-hydrogen) atoms. The number of rotatable bonds is 2. The van der Waals surface area contributed by atoms with E-state index in [1.54, 1.807) is 0 Å². The first-order valence-electron chi connectivity index (χ1n) is 7.76. The van der Waals surface area contributed by atoms with Crippen LogP contribution < -0.4 is 0 Å². The molecule has 3 nitrogen and oxygen atoms in total. The zero-order chi connectivity index (χ0) is 18.8. The summed E-state index contributed by atoms with van der Waals surface area (Å²) in [5.41, 5.74) is 1.76. The van der Waals surface area contributed by atoms with Crippen LogP contribution in [0.5, 0.6) is 0 Å². The molecule has 0 aliphatic carbocycles. The second-order valence-corrected chi connectivity index (χ2v) is 5.17. The Labute approximate surface area is 142 Å². The van der Waals surface area contributed by atoms with Crippen molar-refractivity contribution in [3.05, 3.63) is 59.2 Å². The van der Waals surface area contributed by atoms with Crippen LogP contribution >= 0.6 is 0 Å². The highest BCUT2D eigenvalue weighted by molar-refractivity contribution is 5.12. The first-order chi connectivity index (χ1) is 11.2. The van der Waals surface area contributed by atoms with Crippen LogP contribution in [0.2, 0.25) is 0 Å². The maximum atomic E-state index is 11.9. The third-order valence-electron chi connectivity index (χ3n) is 2.60. The van der Waals surface area contributed by atoms with Crippen LogP contribution in [0.1, 0.15) is 36.6 Å². The van der Waals surface area contributed by atoms with Crippen molar-refractivity contribution in [1.29, 1.82) is 0 Å². The number of halogens is 3. The van der Waals surface area contributed by atoms with Gasteiger partial charge in [-0.1, -0.05) is 26.0 Å². The summed E-state index contributed by atoms with van der Waals surface area (Å²) in [4.78, 5) is 9.80. The van der Waals surface area contributed by atoms with E-state index < -0.39 is 11.9 Å². The van der Waals surface area contributed by atoms with Gasteiger partial charge >= 0.3 is 6.18 Å². The van der Waals surface area contributed by atoms with Gasteiger partial charge in [0.1, 0.15) is 5.69 Å². The molecule has 2 aromatic rings. The molecule has 0 aliphatic heterocycles. The number of nitrogens with zero attached hydrogens (tertiary/aromatic N) is 3. The summed E-state index contributed by atoms with van der Waals surface area (Å²) in [7, 11) is 4.09. The molecule has 0 radical (unpaired) electrons. The predicted octanol–water partition coefficient (Wildman–Crippen LogP) is 4.89. The Morgan fingerprint density at radius 2 is 1.38 bits per heavy atom. The Hall–Kier alpha value is -1.95. The molecule has 0 saturated heterocycles. The van der Waals surface area contributed by atoms with Crippen LogP contribution in [0, 0.1) is 13.8 Å². The molecular formula is C18H26F3N3. The van der Waals surface area contributed by atoms with Gasteiger partial charge in [-0.25, -0.2) is 4.98 Å². The van der Waals surface area contributed by atoms with Gasteiger partial charge in [0, 0.05) is 17.9 Å². The fourth-order valence-electron chi connectivity index (χ4n) is 1.71. The van der Waals surface area contributed by atoms with Gasteiger partial charge in [-0.05, 0) is 52.2 Å². The number of aryl methyl sites for hydroxylation is 2. The number of pyridine rings is 2. The van der Waals surface area contributed by atoms with Crippen molar-refractivity contribution < 1.29 is 13.2 Å². The molecule has 0 spiro atoms. The van der Waals surface area contributed by atoms with Gasteiger partial charge in [-0.2, -0.15) is 13.2 Å². The molecule has 0 amide bonds. The van der Waals surface area contributed by atoms with Crippen LogP contribution in [0.3, 0.4) is 0 Å². The van der Waals surface area contributed by atoms with Crippen molar-refractivity contribution in [3.8, 4) is 0 Å². The molecule has 6 heteroatoms. The van der Waals surface area contributed by atoms with E-state index in [-0.39, 0.29) is 0 Å². The maximum absolute atomic E-state index is 11.9. The average Bonchev–Trinajstić information content (AvgIpc) is 2.48. The Morgan fingerprint density at radius 3 is 1.75 bits per heavy atom. The lowest BCUT2D eigenvalue weighted by atomic mass is 10.3. The fourth-order valence-corrected chi connectivity index (χ4v) is 1.71. The van der Waals surface area contributed by atoms with Crippen molar-refractivity contribution in [1.82, 2.24) is 14.9 Å². The number of hydrogen-bond donors (Lipinski definition) is 0. The van der Waals surface area contributed by atoms with Crippen LogP contribution in [0.25, 0.3) is 0 Å². The molecule has 2 heterocycles. The lowest BCUT2D eigenvalue weighted by molar-refractivity contribution is -0.141. The molecule has 0 unspecified atom stereocenters. The molecule has 0 saturated carbocycles. The molecule has 0 fully saturated rings. The number of aromatic nitrogens is 2. The minimum Gasteiger partial charge on any atom is -0.304 e. The van der Waals surface area contributed by atoms with Crippen molar-refractivity contribution >= 4 is 0 Å². The highest BCUT2D eigenvalue weighted by Crippen LogP contribution is 2.27. The highest BCUT2D eigenvalue weighted by atomic mass is 19.4. The van der Waals surface area contributed by atoms with E-state index in [4.69, 9.17) is 0 Å². The maximum Gasteiger partial charge on any atom is 0.433 e. The van der Waals surface area contributed by atoms with Gasteiger partial charge in [-0.15, -0.1) is 0 Å². The van der Waals surface area contributed by atoms with Crippen molar-refractivity contribution in [2.75, 3.05) is 14.1 Å². The van der Waals surface area contributed by atoms with Gasteiger partial charge < -0.3 is 4.90 Å².